The number of quaternary nitrogens is 1. The largest absolute Gasteiger partial charge is 0.456 e. The normalized spacial score (nSPS) is 12.7. The zero-order chi connectivity index (χ0) is 22.5. The number of unbranched alkanes of at least 4 members (excludes halogenated alkanes) is 5. The molecule has 0 fully saturated rings. The Balaban J connectivity index is 1.69. The van der Waals surface area contributed by atoms with Gasteiger partial charge in [-0.3, -0.25) is 10.1 Å². The predicted octanol–water partition coefficient (Wildman–Crippen LogP) is 6.06. The molecule has 0 aromatic heterocycles. The van der Waals surface area contributed by atoms with Crippen LogP contribution in [-0.2, 0) is 4.74 Å². The fourth-order valence-electron chi connectivity index (χ4n) is 3.36. The van der Waals surface area contributed by atoms with E-state index in [0.717, 1.165) is 13.0 Å². The van der Waals surface area contributed by atoms with Gasteiger partial charge in [-0.25, -0.2) is 4.79 Å². The lowest BCUT2D eigenvalue weighted by Crippen LogP contribution is -2.41. The lowest BCUT2D eigenvalue weighted by atomic mass is 10.0. The standard InChI is InChI=1S/C26H36N2O3/c1-4-5-6-7-8-12-19-28(2,3)20-21-31-26(30)27-24-17-15-23(16-18-24)25(29)22-13-10-9-11-14-22/h9-11,13-18H,2,4-8,12,19-21H2,1,3H3,(H,27,30). The number of carbonyl (C=O) groups is 2. The molecule has 0 bridgehead atoms. The van der Waals surface area contributed by atoms with Crippen molar-refractivity contribution in [2.75, 3.05) is 32.1 Å². The van der Waals surface area contributed by atoms with Crippen LogP contribution in [0.15, 0.2) is 54.6 Å². The van der Waals surface area contributed by atoms with Crippen molar-refractivity contribution in [2.45, 2.75) is 45.4 Å². The van der Waals surface area contributed by atoms with Gasteiger partial charge in [0.25, 0.3) is 0 Å². The first kappa shape index (κ1) is 24.6. The molecule has 0 aliphatic heterocycles. The van der Waals surface area contributed by atoms with Gasteiger partial charge in [0.1, 0.15) is 6.61 Å². The van der Waals surface area contributed by atoms with E-state index in [1.54, 1.807) is 36.4 Å². The maximum atomic E-state index is 12.4. The molecule has 0 heterocycles. The van der Waals surface area contributed by atoms with E-state index < -0.39 is 6.09 Å². The number of benzene rings is 2. The van der Waals surface area contributed by atoms with Gasteiger partial charge in [-0.15, -0.1) is 7.05 Å². The number of rotatable bonds is 13. The number of anilines is 1. The lowest BCUT2D eigenvalue weighted by molar-refractivity contribution is -0.866. The summed E-state index contributed by atoms with van der Waals surface area (Å²) in [5.41, 5.74) is 1.80. The van der Waals surface area contributed by atoms with Crippen molar-refractivity contribution in [3.05, 3.63) is 72.8 Å². The maximum absolute atomic E-state index is 12.4. The quantitative estimate of drug-likeness (QED) is 0.184. The highest BCUT2D eigenvalue weighted by Crippen LogP contribution is 2.14. The molecule has 1 amide bonds. The van der Waals surface area contributed by atoms with Gasteiger partial charge in [0.15, 0.2) is 5.78 Å². The van der Waals surface area contributed by atoms with Gasteiger partial charge < -0.3 is 9.22 Å². The maximum Gasteiger partial charge on any atom is 0.411 e. The summed E-state index contributed by atoms with van der Waals surface area (Å²) in [7, 11) is 6.30. The first-order chi connectivity index (χ1) is 14.9. The van der Waals surface area contributed by atoms with Crippen LogP contribution in [0.1, 0.15) is 61.4 Å². The van der Waals surface area contributed by atoms with Crippen molar-refractivity contribution in [2.24, 2.45) is 0 Å². The van der Waals surface area contributed by atoms with Crippen LogP contribution in [0, 0.1) is 7.05 Å². The zero-order valence-corrected chi connectivity index (χ0v) is 18.9. The molecule has 0 spiro atoms. The van der Waals surface area contributed by atoms with Gasteiger partial charge in [0.05, 0.1) is 13.1 Å². The minimum absolute atomic E-state index is 0.0485. The minimum atomic E-state index is -0.498. The van der Waals surface area contributed by atoms with Crippen molar-refractivity contribution in [1.29, 1.82) is 0 Å². The molecule has 1 N–H and O–H groups in total. The molecule has 31 heavy (non-hydrogen) atoms. The van der Waals surface area contributed by atoms with Crippen LogP contribution in [-0.4, -0.2) is 43.1 Å². The number of nitrogens with one attached hydrogen (secondary N) is 1. The van der Waals surface area contributed by atoms with Crippen molar-refractivity contribution >= 4 is 17.6 Å². The molecule has 2 aromatic rings. The van der Waals surface area contributed by atoms with E-state index in [1.807, 2.05) is 18.2 Å². The number of amides is 1. The van der Waals surface area contributed by atoms with Gasteiger partial charge >= 0.3 is 6.09 Å². The molecule has 2 rings (SSSR count). The SMILES string of the molecule is [CH2-][N+](C)(CCCCCCCC)CCOC(=O)Nc1ccc(C(=O)c2ccccc2)cc1. The fourth-order valence-corrected chi connectivity index (χ4v) is 3.36. The Morgan fingerprint density at radius 2 is 1.48 bits per heavy atom. The highest BCUT2D eigenvalue weighted by atomic mass is 16.5. The summed E-state index contributed by atoms with van der Waals surface area (Å²) in [5, 5.41) is 2.71. The molecular weight excluding hydrogens is 388 g/mol. The number of nitrogens with zero attached hydrogens (tertiary/aromatic N) is 1. The van der Waals surface area contributed by atoms with Crippen LogP contribution >= 0.6 is 0 Å². The summed E-state index contributed by atoms with van der Waals surface area (Å²) in [5.74, 6) is -0.0485. The van der Waals surface area contributed by atoms with E-state index in [2.05, 4.69) is 26.3 Å². The van der Waals surface area contributed by atoms with Crippen LogP contribution in [0.5, 0.6) is 0 Å². The Morgan fingerprint density at radius 1 is 0.871 bits per heavy atom. The number of ketones is 1. The average molecular weight is 425 g/mol. The van der Waals surface area contributed by atoms with Crippen molar-refractivity contribution < 1.29 is 18.8 Å². The predicted molar refractivity (Wildman–Crippen MR) is 126 cm³/mol. The van der Waals surface area contributed by atoms with E-state index >= 15 is 0 Å². The molecule has 5 heteroatoms. The smallest absolute Gasteiger partial charge is 0.411 e. The lowest BCUT2D eigenvalue weighted by Gasteiger charge is -2.37. The second-order valence-electron chi connectivity index (χ2n) is 8.37. The second-order valence-corrected chi connectivity index (χ2v) is 8.37. The second kappa shape index (κ2) is 12.9. The average Bonchev–Trinajstić information content (AvgIpc) is 2.76. The van der Waals surface area contributed by atoms with E-state index in [0.29, 0.717) is 34.4 Å². The van der Waals surface area contributed by atoms with Gasteiger partial charge in [0.2, 0.25) is 0 Å². The van der Waals surface area contributed by atoms with Gasteiger partial charge in [0, 0.05) is 23.9 Å². The molecule has 0 saturated carbocycles. The van der Waals surface area contributed by atoms with Crippen LogP contribution in [0.4, 0.5) is 10.5 Å². The highest BCUT2D eigenvalue weighted by Gasteiger charge is 2.12. The molecule has 0 saturated heterocycles. The molecule has 2 aromatic carbocycles. The first-order valence-electron chi connectivity index (χ1n) is 11.2. The van der Waals surface area contributed by atoms with Crippen LogP contribution < -0.4 is 5.32 Å². The molecule has 0 aliphatic rings. The molecule has 1 atom stereocenters. The van der Waals surface area contributed by atoms with E-state index in [9.17, 15) is 9.59 Å². The molecular formula is C26H36N2O3. The summed E-state index contributed by atoms with van der Waals surface area (Å²) < 4.78 is 5.91. The Hall–Kier alpha value is -2.66. The van der Waals surface area contributed by atoms with Gasteiger partial charge in [-0.1, -0.05) is 62.9 Å². The first-order valence-corrected chi connectivity index (χ1v) is 11.2. The van der Waals surface area contributed by atoms with Gasteiger partial charge in [-0.05, 0) is 37.1 Å². The molecule has 5 nitrogen and oxygen atoms in total. The van der Waals surface area contributed by atoms with Gasteiger partial charge in [-0.2, -0.15) is 0 Å². The Morgan fingerprint density at radius 3 is 2.16 bits per heavy atom. The Labute approximate surface area is 187 Å². The monoisotopic (exact) mass is 424 g/mol. The van der Waals surface area contributed by atoms with E-state index in [-0.39, 0.29) is 5.78 Å². The minimum Gasteiger partial charge on any atom is -0.456 e. The van der Waals surface area contributed by atoms with Crippen molar-refractivity contribution in [1.82, 2.24) is 0 Å². The summed E-state index contributed by atoms with van der Waals surface area (Å²) in [6, 6.07) is 15.9. The highest BCUT2D eigenvalue weighted by molar-refractivity contribution is 6.09. The van der Waals surface area contributed by atoms with E-state index in [1.165, 1.54) is 32.1 Å². The number of carbonyl (C=O) groups excluding carboxylic acids is 2. The summed E-state index contributed by atoms with van der Waals surface area (Å²) >= 11 is 0. The number of likely N-dealkylation sites (N-methyl/N-ethyl adjacent to an activating group) is 1. The van der Waals surface area contributed by atoms with Crippen LogP contribution in [0.2, 0.25) is 0 Å². The Kier molecular flexibility index (Phi) is 10.2. The summed E-state index contributed by atoms with van der Waals surface area (Å²) in [4.78, 5) is 24.5. The molecule has 0 radical (unpaired) electrons. The number of ether oxygens (including phenoxy) is 1. The summed E-state index contributed by atoms with van der Waals surface area (Å²) in [6.45, 7) is 4.19. The Bertz CT molecular complexity index is 801. The third kappa shape index (κ3) is 9.35. The molecule has 168 valence electrons. The van der Waals surface area contributed by atoms with Crippen molar-refractivity contribution in [3.63, 3.8) is 0 Å². The number of hydrogen-bond acceptors (Lipinski definition) is 3. The third-order valence-electron chi connectivity index (χ3n) is 5.35. The summed E-state index contributed by atoms with van der Waals surface area (Å²) in [6.07, 6.45) is 7.04. The van der Waals surface area contributed by atoms with E-state index in [4.69, 9.17) is 4.74 Å². The van der Waals surface area contributed by atoms with Crippen molar-refractivity contribution in [3.8, 4) is 0 Å². The third-order valence-corrected chi connectivity index (χ3v) is 5.35. The zero-order valence-electron chi connectivity index (χ0n) is 18.9. The van der Waals surface area contributed by atoms with Crippen LogP contribution in [0.3, 0.4) is 0 Å². The molecule has 1 unspecified atom stereocenters. The van der Waals surface area contributed by atoms with Crippen LogP contribution in [0.25, 0.3) is 0 Å². The topological polar surface area (TPSA) is 55.4 Å². The molecule has 0 aliphatic carbocycles. The fraction of sp³-hybridized carbons (Fsp3) is 0.423. The number of hydrogen-bond donors (Lipinski definition) is 1.